The van der Waals surface area contributed by atoms with Gasteiger partial charge >= 0.3 is 0 Å². The number of nitrogens with zero attached hydrogens (tertiary/aromatic N) is 5. The molecule has 0 radical (unpaired) electrons. The Hall–Kier alpha value is -3.38. The van der Waals surface area contributed by atoms with Crippen LogP contribution in [0.1, 0.15) is 11.4 Å². The average Bonchev–Trinajstić information content (AvgIpc) is 3.38. The maximum Gasteiger partial charge on any atom is 0.257 e. The number of hydrogen-bond acceptors (Lipinski definition) is 6. The van der Waals surface area contributed by atoms with Crippen LogP contribution in [0.4, 0.5) is 11.6 Å². The van der Waals surface area contributed by atoms with E-state index in [-0.39, 0.29) is 17.0 Å². The first kappa shape index (κ1) is 20.5. The normalized spacial score (nSPS) is 17.0. The van der Waals surface area contributed by atoms with Crippen molar-refractivity contribution in [3.8, 4) is 11.8 Å². The van der Waals surface area contributed by atoms with Crippen LogP contribution in [0, 0.1) is 11.3 Å². The Bertz CT molecular complexity index is 1290. The van der Waals surface area contributed by atoms with E-state index in [2.05, 4.69) is 21.6 Å². The number of rotatable bonds is 3. The monoisotopic (exact) mass is 466 g/mol. The van der Waals surface area contributed by atoms with E-state index in [1.807, 2.05) is 35.2 Å². The second-order valence-electron chi connectivity index (χ2n) is 7.22. The van der Waals surface area contributed by atoms with Crippen LogP contribution in [0.2, 0.25) is 10.0 Å². The molecule has 2 aliphatic rings. The van der Waals surface area contributed by atoms with Gasteiger partial charge in [-0.2, -0.15) is 5.26 Å². The minimum absolute atomic E-state index is 0.0791. The predicted octanol–water partition coefficient (Wildman–Crippen LogP) is 3.80. The number of carbonyl (C=O) groups is 1. The number of ether oxygens (including phenoxy) is 1. The summed E-state index contributed by atoms with van der Waals surface area (Å²) < 4.78 is 7.25. The van der Waals surface area contributed by atoms with Crippen molar-refractivity contribution in [3.63, 3.8) is 0 Å². The van der Waals surface area contributed by atoms with Gasteiger partial charge in [0.25, 0.3) is 5.91 Å². The minimum Gasteiger partial charge on any atom is -0.378 e. The molecule has 10 heteroatoms. The SMILES string of the molecule is N#C/C(=C1\C(=O)Nc2c(Cl)cc(Cl)cc21)c1nnc(N2CCOCC2)n1-c1ccccc1. The fourth-order valence-corrected chi connectivity index (χ4v) is 4.42. The van der Waals surface area contributed by atoms with E-state index < -0.39 is 5.91 Å². The van der Waals surface area contributed by atoms with E-state index in [9.17, 15) is 10.1 Å². The van der Waals surface area contributed by atoms with Gasteiger partial charge in [0.05, 0.1) is 35.2 Å². The zero-order valence-electron chi connectivity index (χ0n) is 16.7. The summed E-state index contributed by atoms with van der Waals surface area (Å²) in [6, 6.07) is 14.8. The molecule has 0 saturated carbocycles. The van der Waals surface area contributed by atoms with E-state index >= 15 is 0 Å². The Morgan fingerprint density at radius 2 is 1.88 bits per heavy atom. The highest BCUT2D eigenvalue weighted by Gasteiger charge is 2.33. The first-order chi connectivity index (χ1) is 15.6. The number of morpholine rings is 1. The molecule has 1 saturated heterocycles. The minimum atomic E-state index is -0.448. The van der Waals surface area contributed by atoms with Crippen LogP contribution in [0.3, 0.4) is 0 Å². The summed E-state index contributed by atoms with van der Waals surface area (Å²) >= 11 is 12.5. The fraction of sp³-hybridized carbons (Fsp3) is 0.182. The van der Waals surface area contributed by atoms with Gasteiger partial charge in [0.1, 0.15) is 11.6 Å². The van der Waals surface area contributed by atoms with Gasteiger partial charge in [0, 0.05) is 23.7 Å². The lowest BCUT2D eigenvalue weighted by Crippen LogP contribution is -2.38. The third-order valence-electron chi connectivity index (χ3n) is 5.33. The summed E-state index contributed by atoms with van der Waals surface area (Å²) in [6.45, 7) is 2.40. The lowest BCUT2D eigenvalue weighted by Gasteiger charge is -2.28. The molecule has 1 amide bonds. The third-order valence-corrected chi connectivity index (χ3v) is 5.85. The number of fused-ring (bicyclic) bond motifs is 1. The van der Waals surface area contributed by atoms with Gasteiger partial charge in [-0.3, -0.25) is 9.36 Å². The molecule has 1 N–H and O–H groups in total. The topological polar surface area (TPSA) is 96.1 Å². The van der Waals surface area contributed by atoms with E-state index in [1.54, 1.807) is 16.7 Å². The number of carbonyl (C=O) groups excluding carboxylic acids is 1. The molecule has 8 nitrogen and oxygen atoms in total. The Labute approximate surface area is 193 Å². The number of amides is 1. The second-order valence-corrected chi connectivity index (χ2v) is 8.06. The molecule has 3 heterocycles. The number of anilines is 2. The number of nitriles is 1. The molecule has 32 heavy (non-hydrogen) atoms. The molecule has 160 valence electrons. The van der Waals surface area contributed by atoms with Gasteiger partial charge in [0.15, 0.2) is 5.82 Å². The average molecular weight is 467 g/mol. The van der Waals surface area contributed by atoms with Crippen LogP contribution in [0.15, 0.2) is 42.5 Å². The molecule has 3 aromatic rings. The van der Waals surface area contributed by atoms with Crippen molar-refractivity contribution in [3.05, 3.63) is 63.9 Å². The Kier molecular flexibility index (Phi) is 5.31. The van der Waals surface area contributed by atoms with Crippen molar-refractivity contribution in [2.45, 2.75) is 0 Å². The summed E-state index contributed by atoms with van der Waals surface area (Å²) in [6.07, 6.45) is 0. The molecular formula is C22H16Cl2N6O2. The predicted molar refractivity (Wildman–Crippen MR) is 122 cm³/mol. The largest absolute Gasteiger partial charge is 0.378 e. The lowest BCUT2D eigenvalue weighted by molar-refractivity contribution is -0.110. The summed E-state index contributed by atoms with van der Waals surface area (Å²) in [5, 5.41) is 22.3. The smallest absolute Gasteiger partial charge is 0.257 e. The van der Waals surface area contributed by atoms with Crippen LogP contribution in [0.25, 0.3) is 16.8 Å². The van der Waals surface area contributed by atoms with Gasteiger partial charge in [-0.25, -0.2) is 0 Å². The molecule has 0 spiro atoms. The number of hydrogen-bond donors (Lipinski definition) is 1. The van der Waals surface area contributed by atoms with Crippen LogP contribution in [-0.4, -0.2) is 47.0 Å². The van der Waals surface area contributed by atoms with E-state index in [0.29, 0.717) is 53.5 Å². The van der Waals surface area contributed by atoms with Crippen molar-refractivity contribution in [2.75, 3.05) is 36.5 Å². The molecule has 2 aromatic carbocycles. The highest BCUT2D eigenvalue weighted by atomic mass is 35.5. The van der Waals surface area contributed by atoms with E-state index in [4.69, 9.17) is 27.9 Å². The number of benzene rings is 2. The summed E-state index contributed by atoms with van der Waals surface area (Å²) in [7, 11) is 0. The number of allylic oxidation sites excluding steroid dienone is 1. The quantitative estimate of drug-likeness (QED) is 0.465. The van der Waals surface area contributed by atoms with Crippen molar-refractivity contribution in [2.24, 2.45) is 0 Å². The Morgan fingerprint density at radius 1 is 1.12 bits per heavy atom. The number of halogens is 2. The summed E-state index contributed by atoms with van der Waals surface area (Å²) in [5.41, 5.74) is 1.88. The molecular weight excluding hydrogens is 451 g/mol. The van der Waals surface area contributed by atoms with Crippen molar-refractivity contribution < 1.29 is 9.53 Å². The van der Waals surface area contributed by atoms with Gasteiger partial charge in [0.2, 0.25) is 5.95 Å². The molecule has 5 rings (SSSR count). The van der Waals surface area contributed by atoms with Crippen LogP contribution < -0.4 is 10.2 Å². The van der Waals surface area contributed by atoms with Gasteiger partial charge in [-0.05, 0) is 24.3 Å². The standard InChI is InChI=1S/C22H16Cl2N6O2/c23-13-10-15-18(21(31)26-19(15)17(24)11-13)16(12-25)20-27-28-22(29-6-8-32-9-7-29)30(20)14-4-2-1-3-5-14/h1-5,10-11H,6-9H2,(H,26,31)/b18-16+. The van der Waals surface area contributed by atoms with Gasteiger partial charge in [-0.1, -0.05) is 41.4 Å². The molecule has 0 unspecified atom stereocenters. The van der Waals surface area contributed by atoms with E-state index in [0.717, 1.165) is 5.69 Å². The lowest BCUT2D eigenvalue weighted by atomic mass is 10.0. The fourth-order valence-electron chi connectivity index (χ4n) is 3.88. The molecule has 2 aliphatic heterocycles. The molecule has 1 fully saturated rings. The van der Waals surface area contributed by atoms with Gasteiger partial charge < -0.3 is 15.0 Å². The van der Waals surface area contributed by atoms with Crippen molar-refractivity contribution in [1.82, 2.24) is 14.8 Å². The number of nitrogens with one attached hydrogen (secondary N) is 1. The summed E-state index contributed by atoms with van der Waals surface area (Å²) in [5.74, 6) is 0.385. The third kappa shape index (κ3) is 3.41. The van der Waals surface area contributed by atoms with Crippen LogP contribution >= 0.6 is 23.2 Å². The van der Waals surface area contributed by atoms with Crippen LogP contribution in [0.5, 0.6) is 0 Å². The summed E-state index contributed by atoms with van der Waals surface area (Å²) in [4.78, 5) is 15.0. The van der Waals surface area contributed by atoms with E-state index in [1.165, 1.54) is 0 Å². The maximum absolute atomic E-state index is 12.9. The maximum atomic E-state index is 12.9. The number of aromatic nitrogens is 3. The first-order valence-electron chi connectivity index (χ1n) is 9.87. The first-order valence-corrected chi connectivity index (χ1v) is 10.6. The van der Waals surface area contributed by atoms with Crippen molar-refractivity contribution >= 4 is 51.9 Å². The highest BCUT2D eigenvalue weighted by molar-refractivity contribution is 6.44. The van der Waals surface area contributed by atoms with Gasteiger partial charge in [-0.15, -0.1) is 10.2 Å². The Morgan fingerprint density at radius 3 is 2.59 bits per heavy atom. The second kappa shape index (κ2) is 8.28. The van der Waals surface area contributed by atoms with Crippen LogP contribution in [-0.2, 0) is 9.53 Å². The zero-order valence-corrected chi connectivity index (χ0v) is 18.2. The molecule has 0 bridgehead atoms. The zero-order chi connectivity index (χ0) is 22.2. The van der Waals surface area contributed by atoms with Crippen molar-refractivity contribution in [1.29, 1.82) is 5.26 Å². The molecule has 0 atom stereocenters. The molecule has 0 aliphatic carbocycles. The number of para-hydroxylation sites is 1. The molecule has 1 aromatic heterocycles. The highest BCUT2D eigenvalue weighted by Crippen LogP contribution is 2.42. The Balaban J connectivity index is 1.76.